The van der Waals surface area contributed by atoms with Crippen molar-refractivity contribution in [1.82, 2.24) is 4.48 Å². The standard InChI is InChI=1S/C33H33BF10N2O2/c1-18-12-14-22(15-13-18)27-24-11-9-8-10-23(24)26(45-27)20(3)28-19(2)25(29(5,6)7)21(4)46(28)34(47-16-30(35,36)32(39,40)41)48-17-31(37,38)33(42,43)44/h8-15H,16-17H2,1-7H3/b26-20-. The second-order valence-electron chi connectivity index (χ2n) is 12.7. The van der Waals surface area contributed by atoms with E-state index in [1.807, 2.05) is 37.3 Å². The lowest BCUT2D eigenvalue weighted by atomic mass is 9.83. The summed E-state index contributed by atoms with van der Waals surface area (Å²) in [6.07, 6.45) is -12.2. The molecule has 0 unspecified atom stereocenters. The third-order valence-electron chi connectivity index (χ3n) is 8.00. The molecule has 2 heterocycles. The average Bonchev–Trinajstić information content (AvgIpc) is 3.46. The van der Waals surface area contributed by atoms with Crippen molar-refractivity contribution in [2.75, 3.05) is 13.2 Å². The molecule has 0 N–H and O–H groups in total. The first-order valence-corrected chi connectivity index (χ1v) is 14.7. The minimum Gasteiger partial charge on any atom is -0.385 e. The van der Waals surface area contributed by atoms with Crippen LogP contribution in [-0.4, -0.2) is 54.9 Å². The van der Waals surface area contributed by atoms with Gasteiger partial charge in [-0.3, -0.25) is 0 Å². The summed E-state index contributed by atoms with van der Waals surface area (Å²) in [6, 6.07) is 14.6. The van der Waals surface area contributed by atoms with Crippen LogP contribution >= 0.6 is 0 Å². The third-order valence-corrected chi connectivity index (χ3v) is 8.00. The summed E-state index contributed by atoms with van der Waals surface area (Å²) < 4.78 is 146. The molecule has 1 aliphatic rings. The van der Waals surface area contributed by atoms with E-state index in [0.29, 0.717) is 33.7 Å². The summed E-state index contributed by atoms with van der Waals surface area (Å²) in [6.45, 7) is 6.97. The fourth-order valence-electron chi connectivity index (χ4n) is 5.86. The van der Waals surface area contributed by atoms with E-state index in [0.717, 1.165) is 21.2 Å². The highest BCUT2D eigenvalue weighted by Crippen LogP contribution is 2.43. The number of halogens is 10. The van der Waals surface area contributed by atoms with Gasteiger partial charge in [0.2, 0.25) is 0 Å². The highest BCUT2D eigenvalue weighted by atomic mass is 19.4. The van der Waals surface area contributed by atoms with Gasteiger partial charge in [0.15, 0.2) is 0 Å². The molecular weight excluding hydrogens is 657 g/mol. The highest BCUT2D eigenvalue weighted by Gasteiger charge is 2.60. The molecule has 0 saturated heterocycles. The number of aryl methyl sites for hydroxylation is 1. The Hall–Kier alpha value is -3.59. The first-order chi connectivity index (χ1) is 21.9. The van der Waals surface area contributed by atoms with Crippen molar-refractivity contribution >= 4 is 24.2 Å². The first kappa shape index (κ1) is 37.2. The molecular formula is C33H33BF10N2O2. The lowest BCUT2D eigenvalue weighted by Gasteiger charge is -2.27. The zero-order valence-electron chi connectivity index (χ0n) is 27.1. The highest BCUT2D eigenvalue weighted by molar-refractivity contribution is 6.43. The van der Waals surface area contributed by atoms with Crippen molar-refractivity contribution in [2.45, 2.75) is 78.1 Å². The Morgan fingerprint density at radius 1 is 0.729 bits per heavy atom. The minimum absolute atomic E-state index is 0.0757. The van der Waals surface area contributed by atoms with Crippen molar-refractivity contribution in [3.8, 4) is 0 Å². The van der Waals surface area contributed by atoms with E-state index in [-0.39, 0.29) is 11.4 Å². The van der Waals surface area contributed by atoms with Gasteiger partial charge in [0.25, 0.3) is 0 Å². The summed E-state index contributed by atoms with van der Waals surface area (Å²) in [5.41, 5.74) is 4.73. The van der Waals surface area contributed by atoms with Gasteiger partial charge in [0.1, 0.15) is 13.2 Å². The predicted octanol–water partition coefficient (Wildman–Crippen LogP) is 9.71. The van der Waals surface area contributed by atoms with E-state index in [4.69, 9.17) is 14.3 Å². The van der Waals surface area contributed by atoms with Crippen molar-refractivity contribution in [3.05, 3.63) is 93.3 Å². The monoisotopic (exact) mass is 690 g/mol. The summed E-state index contributed by atoms with van der Waals surface area (Å²) >= 11 is 0. The largest absolute Gasteiger partial charge is 0.598 e. The van der Waals surface area contributed by atoms with Crippen LogP contribution in [0.2, 0.25) is 0 Å². The maximum atomic E-state index is 14.1. The van der Waals surface area contributed by atoms with Gasteiger partial charge in [-0.25, -0.2) is 4.99 Å². The Labute approximate surface area is 271 Å². The lowest BCUT2D eigenvalue weighted by Crippen LogP contribution is -2.48. The topological polar surface area (TPSA) is 35.8 Å². The number of aliphatic imine (C=N–C) groups is 1. The number of hydrogen-bond donors (Lipinski definition) is 0. The molecule has 0 saturated carbocycles. The molecule has 48 heavy (non-hydrogen) atoms. The molecule has 0 atom stereocenters. The van der Waals surface area contributed by atoms with Crippen LogP contribution in [0.1, 0.15) is 72.5 Å². The molecule has 4 rings (SSSR count). The third kappa shape index (κ3) is 7.07. The smallest absolute Gasteiger partial charge is 0.385 e. The van der Waals surface area contributed by atoms with Crippen molar-refractivity contribution in [3.63, 3.8) is 0 Å². The molecule has 1 aromatic heterocycles. The fourth-order valence-corrected chi connectivity index (χ4v) is 5.86. The molecule has 0 amide bonds. The van der Waals surface area contributed by atoms with E-state index >= 15 is 0 Å². The Balaban J connectivity index is 1.99. The van der Waals surface area contributed by atoms with Gasteiger partial charge in [-0.15, -0.1) is 0 Å². The van der Waals surface area contributed by atoms with Crippen LogP contribution in [0, 0.1) is 20.8 Å². The molecule has 0 aliphatic carbocycles. The summed E-state index contributed by atoms with van der Waals surface area (Å²) in [5.74, 6) is -11.0. The van der Waals surface area contributed by atoms with Gasteiger partial charge in [-0.2, -0.15) is 43.9 Å². The van der Waals surface area contributed by atoms with Crippen LogP contribution in [0.5, 0.6) is 0 Å². The second kappa shape index (κ2) is 12.7. The average molecular weight is 690 g/mol. The van der Waals surface area contributed by atoms with E-state index in [1.54, 1.807) is 52.8 Å². The predicted molar refractivity (Wildman–Crippen MR) is 163 cm³/mol. The van der Waals surface area contributed by atoms with Gasteiger partial charge in [0.05, 0.1) is 11.4 Å². The van der Waals surface area contributed by atoms with Crippen LogP contribution in [0.4, 0.5) is 43.9 Å². The maximum absolute atomic E-state index is 14.1. The van der Waals surface area contributed by atoms with Gasteiger partial charge >= 0.3 is 31.5 Å². The molecule has 4 nitrogen and oxygen atoms in total. The van der Waals surface area contributed by atoms with Crippen molar-refractivity contribution < 1.29 is 53.2 Å². The SMILES string of the molecule is C/C(=C1/N=C(c2ccc(C)cc2)c2ccccc21)c1c(C)c(C(C)(C)C)c(C)n1B(OCC(F)(F)C(F)(F)F)OCC(F)(F)C(F)(F)F. The van der Waals surface area contributed by atoms with Gasteiger partial charge in [-0.05, 0) is 49.8 Å². The number of alkyl halides is 10. The molecule has 2 aromatic carbocycles. The minimum atomic E-state index is -6.11. The molecule has 0 radical (unpaired) electrons. The Morgan fingerprint density at radius 2 is 1.21 bits per heavy atom. The molecule has 15 heteroatoms. The Morgan fingerprint density at radius 3 is 1.67 bits per heavy atom. The number of rotatable bonds is 9. The van der Waals surface area contributed by atoms with E-state index < -0.39 is 50.1 Å². The van der Waals surface area contributed by atoms with Crippen LogP contribution in [0.15, 0.2) is 53.5 Å². The molecule has 0 spiro atoms. The van der Waals surface area contributed by atoms with Crippen LogP contribution in [0.25, 0.3) is 11.3 Å². The number of benzene rings is 2. The number of hydrogen-bond acceptors (Lipinski definition) is 3. The van der Waals surface area contributed by atoms with E-state index in [1.165, 1.54) is 6.92 Å². The summed E-state index contributed by atoms with van der Waals surface area (Å²) in [4.78, 5) is 4.87. The number of nitrogens with zero attached hydrogens (tertiary/aromatic N) is 2. The first-order valence-electron chi connectivity index (χ1n) is 14.7. The normalized spacial score (nSPS) is 15.5. The fraction of sp³-hybridized carbons (Fsp3) is 0.424. The van der Waals surface area contributed by atoms with Crippen molar-refractivity contribution in [2.24, 2.45) is 4.99 Å². The van der Waals surface area contributed by atoms with Crippen LogP contribution in [0.3, 0.4) is 0 Å². The molecule has 0 bridgehead atoms. The maximum Gasteiger partial charge on any atom is 0.598 e. The van der Waals surface area contributed by atoms with E-state index in [2.05, 4.69) is 0 Å². The Bertz CT molecular complexity index is 1700. The number of aromatic nitrogens is 1. The second-order valence-corrected chi connectivity index (χ2v) is 12.7. The number of fused-ring (bicyclic) bond motifs is 1. The quantitative estimate of drug-likeness (QED) is 0.166. The summed E-state index contributed by atoms with van der Waals surface area (Å²) in [7, 11) is -2.57. The zero-order chi connectivity index (χ0) is 36.2. The summed E-state index contributed by atoms with van der Waals surface area (Å²) in [5, 5.41) is 0. The van der Waals surface area contributed by atoms with E-state index in [9.17, 15) is 43.9 Å². The lowest BCUT2D eigenvalue weighted by molar-refractivity contribution is -0.295. The number of allylic oxidation sites excluding steroid dienone is 1. The molecule has 1 aliphatic heterocycles. The zero-order valence-corrected chi connectivity index (χ0v) is 27.1. The molecule has 0 fully saturated rings. The van der Waals surface area contributed by atoms with Gasteiger partial charge in [-0.1, -0.05) is 74.9 Å². The van der Waals surface area contributed by atoms with Gasteiger partial charge < -0.3 is 13.8 Å². The molecule has 3 aromatic rings. The Kier molecular flexibility index (Phi) is 9.85. The van der Waals surface area contributed by atoms with Crippen molar-refractivity contribution in [1.29, 1.82) is 0 Å². The van der Waals surface area contributed by atoms with Crippen LogP contribution < -0.4 is 0 Å². The molecule has 260 valence electrons. The van der Waals surface area contributed by atoms with Gasteiger partial charge in [0, 0.05) is 28.1 Å². The van der Waals surface area contributed by atoms with Crippen LogP contribution in [-0.2, 0) is 14.7 Å².